The normalized spacial score (nSPS) is 10.4. The van der Waals surface area contributed by atoms with Gasteiger partial charge in [-0.25, -0.2) is 4.39 Å². The second kappa shape index (κ2) is 7.04. The molecule has 0 spiro atoms. The van der Waals surface area contributed by atoms with Gasteiger partial charge in [0.2, 0.25) is 5.91 Å². The minimum atomic E-state index is -0.860. The summed E-state index contributed by atoms with van der Waals surface area (Å²) in [7, 11) is 0. The highest BCUT2D eigenvalue weighted by Crippen LogP contribution is 2.30. The zero-order valence-electron chi connectivity index (χ0n) is 11.1. The summed E-state index contributed by atoms with van der Waals surface area (Å²) in [6.07, 6.45) is 0.143. The average Bonchev–Trinajstić information content (AvgIpc) is 2.31. The molecule has 0 aromatic heterocycles. The third kappa shape index (κ3) is 4.65. The number of amides is 1. The molecule has 0 fully saturated rings. The third-order valence-corrected chi connectivity index (χ3v) is 2.64. The van der Waals surface area contributed by atoms with Crippen molar-refractivity contribution in [2.75, 3.05) is 11.9 Å². The molecule has 0 heterocycles. The highest BCUT2D eigenvalue weighted by molar-refractivity contribution is 6.31. The molecule has 0 saturated carbocycles. The van der Waals surface area contributed by atoms with Gasteiger partial charge in [0.05, 0.1) is 16.0 Å². The van der Waals surface area contributed by atoms with E-state index >= 15 is 0 Å². The molecule has 1 rings (SSSR count). The van der Waals surface area contributed by atoms with Crippen molar-refractivity contribution in [3.05, 3.63) is 33.1 Å². The summed E-state index contributed by atoms with van der Waals surface area (Å²) in [6.45, 7) is 3.84. The first kappa shape index (κ1) is 16.2. The number of anilines is 1. The van der Waals surface area contributed by atoms with E-state index in [1.54, 1.807) is 0 Å². The van der Waals surface area contributed by atoms with Crippen molar-refractivity contribution in [3.8, 4) is 0 Å². The van der Waals surface area contributed by atoms with Crippen LogP contribution in [-0.2, 0) is 4.79 Å². The first-order valence-electron chi connectivity index (χ1n) is 5.98. The lowest BCUT2D eigenvalue weighted by Crippen LogP contribution is -2.31. The molecule has 0 aliphatic rings. The number of rotatable bonds is 6. The predicted molar refractivity (Wildman–Crippen MR) is 74.4 cm³/mol. The Labute approximate surface area is 120 Å². The van der Waals surface area contributed by atoms with Crippen LogP contribution in [0.1, 0.15) is 20.3 Å². The van der Waals surface area contributed by atoms with Crippen LogP contribution in [0.25, 0.3) is 0 Å². The lowest BCUT2D eigenvalue weighted by molar-refractivity contribution is -0.384. The smallest absolute Gasteiger partial charge is 0.295 e. The van der Waals surface area contributed by atoms with Gasteiger partial charge in [-0.2, -0.15) is 0 Å². The van der Waals surface area contributed by atoms with Crippen LogP contribution >= 0.6 is 11.6 Å². The molecular formula is C12H15ClFN3O3. The Morgan fingerprint density at radius 3 is 2.70 bits per heavy atom. The van der Waals surface area contributed by atoms with Crippen LogP contribution in [0.5, 0.6) is 0 Å². The van der Waals surface area contributed by atoms with E-state index in [-0.39, 0.29) is 35.6 Å². The Morgan fingerprint density at radius 1 is 1.50 bits per heavy atom. The number of hydrogen-bond donors (Lipinski definition) is 2. The predicted octanol–water partition coefficient (Wildman–Crippen LogP) is 2.71. The highest BCUT2D eigenvalue weighted by Gasteiger charge is 2.17. The zero-order chi connectivity index (χ0) is 15.3. The molecule has 1 amide bonds. The number of benzene rings is 1. The van der Waals surface area contributed by atoms with Gasteiger partial charge in [0.25, 0.3) is 5.69 Å². The molecule has 1 aromatic carbocycles. The van der Waals surface area contributed by atoms with Crippen molar-refractivity contribution < 1.29 is 14.1 Å². The first-order chi connectivity index (χ1) is 9.31. The fourth-order valence-corrected chi connectivity index (χ4v) is 1.70. The van der Waals surface area contributed by atoms with Gasteiger partial charge >= 0.3 is 0 Å². The highest BCUT2D eigenvalue weighted by atomic mass is 35.5. The number of carbonyl (C=O) groups excluding carboxylic acids is 1. The van der Waals surface area contributed by atoms with Crippen LogP contribution in [0.15, 0.2) is 12.1 Å². The molecule has 6 nitrogen and oxygen atoms in total. The van der Waals surface area contributed by atoms with Crippen molar-refractivity contribution in [1.82, 2.24) is 5.32 Å². The van der Waals surface area contributed by atoms with Crippen LogP contribution in [0.2, 0.25) is 5.02 Å². The molecule has 0 aliphatic heterocycles. The van der Waals surface area contributed by atoms with Crippen LogP contribution in [0, 0.1) is 15.9 Å². The van der Waals surface area contributed by atoms with Gasteiger partial charge in [0.15, 0.2) is 0 Å². The largest absolute Gasteiger partial charge is 0.379 e. The number of hydrogen-bond acceptors (Lipinski definition) is 4. The SMILES string of the molecule is CC(C)NC(=O)CCNc1cc(Cl)c(F)cc1[N+](=O)[O-]. The van der Waals surface area contributed by atoms with Crippen molar-refractivity contribution in [2.45, 2.75) is 26.3 Å². The van der Waals surface area contributed by atoms with E-state index in [0.29, 0.717) is 0 Å². The maximum Gasteiger partial charge on any atom is 0.295 e. The lowest BCUT2D eigenvalue weighted by atomic mass is 10.2. The fourth-order valence-electron chi connectivity index (χ4n) is 1.53. The Hall–Kier alpha value is -1.89. The molecule has 20 heavy (non-hydrogen) atoms. The molecule has 0 bridgehead atoms. The number of nitro benzene ring substituents is 1. The molecule has 110 valence electrons. The monoisotopic (exact) mass is 303 g/mol. The van der Waals surface area contributed by atoms with Crippen LogP contribution in [-0.4, -0.2) is 23.4 Å². The van der Waals surface area contributed by atoms with E-state index in [1.165, 1.54) is 0 Å². The van der Waals surface area contributed by atoms with Gasteiger partial charge in [0.1, 0.15) is 11.5 Å². The van der Waals surface area contributed by atoms with E-state index < -0.39 is 16.4 Å². The van der Waals surface area contributed by atoms with E-state index in [4.69, 9.17) is 11.6 Å². The Bertz CT molecular complexity index is 523. The third-order valence-electron chi connectivity index (χ3n) is 2.35. The van der Waals surface area contributed by atoms with E-state index in [0.717, 1.165) is 12.1 Å². The van der Waals surface area contributed by atoms with Crippen molar-refractivity contribution >= 4 is 28.9 Å². The van der Waals surface area contributed by atoms with Crippen LogP contribution in [0.4, 0.5) is 15.8 Å². The van der Waals surface area contributed by atoms with Gasteiger partial charge in [0, 0.05) is 19.0 Å². The summed E-state index contributed by atoms with van der Waals surface area (Å²) in [4.78, 5) is 21.5. The van der Waals surface area contributed by atoms with Crippen LogP contribution < -0.4 is 10.6 Å². The zero-order valence-corrected chi connectivity index (χ0v) is 11.8. The van der Waals surface area contributed by atoms with Gasteiger partial charge in [-0.1, -0.05) is 11.6 Å². The Morgan fingerprint density at radius 2 is 2.15 bits per heavy atom. The molecule has 0 atom stereocenters. The van der Waals surface area contributed by atoms with Gasteiger partial charge < -0.3 is 10.6 Å². The number of halogens is 2. The molecule has 1 aromatic rings. The van der Waals surface area contributed by atoms with E-state index in [1.807, 2.05) is 13.8 Å². The van der Waals surface area contributed by atoms with Crippen molar-refractivity contribution in [1.29, 1.82) is 0 Å². The van der Waals surface area contributed by atoms with Crippen molar-refractivity contribution in [2.24, 2.45) is 0 Å². The summed E-state index contributed by atoms with van der Waals surface area (Å²) in [5, 5.41) is 16.0. The average molecular weight is 304 g/mol. The fraction of sp³-hybridized carbons (Fsp3) is 0.417. The number of nitro groups is 1. The summed E-state index contributed by atoms with van der Waals surface area (Å²) in [5.41, 5.74) is -0.338. The molecule has 2 N–H and O–H groups in total. The van der Waals surface area contributed by atoms with E-state index in [9.17, 15) is 19.3 Å². The van der Waals surface area contributed by atoms with Crippen LogP contribution in [0.3, 0.4) is 0 Å². The Kier molecular flexibility index (Phi) is 5.69. The molecule has 8 heteroatoms. The second-order valence-electron chi connectivity index (χ2n) is 4.44. The van der Waals surface area contributed by atoms with Crippen molar-refractivity contribution in [3.63, 3.8) is 0 Å². The molecule has 0 unspecified atom stereocenters. The minimum Gasteiger partial charge on any atom is -0.379 e. The maximum absolute atomic E-state index is 13.2. The molecule has 0 radical (unpaired) electrons. The molecular weight excluding hydrogens is 289 g/mol. The van der Waals surface area contributed by atoms with Gasteiger partial charge in [-0.3, -0.25) is 14.9 Å². The maximum atomic E-state index is 13.2. The topological polar surface area (TPSA) is 84.3 Å². The number of carbonyl (C=O) groups is 1. The second-order valence-corrected chi connectivity index (χ2v) is 4.85. The standard InChI is InChI=1S/C12H15ClFN3O3/c1-7(2)16-12(18)3-4-15-10-5-8(13)9(14)6-11(10)17(19)20/h5-7,15H,3-4H2,1-2H3,(H,16,18). The summed E-state index contributed by atoms with van der Waals surface area (Å²) in [6, 6.07) is 1.91. The minimum absolute atomic E-state index is 0.0251. The number of nitrogens with one attached hydrogen (secondary N) is 2. The first-order valence-corrected chi connectivity index (χ1v) is 6.35. The number of nitrogens with zero attached hydrogens (tertiary/aromatic N) is 1. The van der Waals surface area contributed by atoms with E-state index in [2.05, 4.69) is 10.6 Å². The summed E-state index contributed by atoms with van der Waals surface area (Å²) < 4.78 is 13.2. The molecule has 0 aliphatic carbocycles. The summed E-state index contributed by atoms with van der Waals surface area (Å²) in [5.74, 6) is -1.04. The summed E-state index contributed by atoms with van der Waals surface area (Å²) >= 11 is 5.58. The Balaban J connectivity index is 2.70. The molecule has 0 saturated heterocycles. The van der Waals surface area contributed by atoms with Gasteiger partial charge in [-0.15, -0.1) is 0 Å². The quantitative estimate of drug-likeness (QED) is 0.625. The lowest BCUT2D eigenvalue weighted by Gasteiger charge is -2.10. The van der Waals surface area contributed by atoms with Gasteiger partial charge in [-0.05, 0) is 19.9 Å².